The molecule has 0 bridgehead atoms. The number of hydrogen-bond acceptors (Lipinski definition) is 3. The maximum atomic E-state index is 5.64. The van der Waals surface area contributed by atoms with Crippen LogP contribution in [0.3, 0.4) is 0 Å². The van der Waals surface area contributed by atoms with Gasteiger partial charge in [0.05, 0.1) is 13.2 Å². The van der Waals surface area contributed by atoms with Crippen molar-refractivity contribution in [3.63, 3.8) is 0 Å². The highest BCUT2D eigenvalue weighted by molar-refractivity contribution is 5.55. The fourth-order valence-corrected chi connectivity index (χ4v) is 1.64. The highest BCUT2D eigenvalue weighted by Gasteiger charge is 2.10. The number of benzene rings is 1. The van der Waals surface area contributed by atoms with E-state index in [1.54, 1.807) is 0 Å². The van der Waals surface area contributed by atoms with Crippen LogP contribution in [0, 0.1) is 0 Å². The molecule has 16 heavy (non-hydrogen) atoms. The van der Waals surface area contributed by atoms with Crippen LogP contribution in [0.15, 0.2) is 18.2 Å². The van der Waals surface area contributed by atoms with Gasteiger partial charge in [-0.3, -0.25) is 0 Å². The van der Waals surface area contributed by atoms with Gasteiger partial charge in [0, 0.05) is 24.2 Å². The van der Waals surface area contributed by atoms with E-state index in [4.69, 9.17) is 9.47 Å². The second-order valence-electron chi connectivity index (χ2n) is 4.17. The van der Waals surface area contributed by atoms with Gasteiger partial charge < -0.3 is 14.8 Å². The van der Waals surface area contributed by atoms with E-state index in [1.165, 1.54) is 0 Å². The van der Waals surface area contributed by atoms with Gasteiger partial charge in [-0.05, 0) is 25.5 Å². The third kappa shape index (κ3) is 2.60. The molecule has 0 saturated carbocycles. The molecule has 1 atom stereocenters. The third-order valence-corrected chi connectivity index (χ3v) is 2.77. The molecule has 1 N–H and O–H groups in total. The zero-order valence-corrected chi connectivity index (χ0v) is 9.95. The average molecular weight is 221 g/mol. The van der Waals surface area contributed by atoms with Crippen molar-refractivity contribution >= 4 is 5.69 Å². The Morgan fingerprint density at radius 1 is 1.25 bits per heavy atom. The van der Waals surface area contributed by atoms with Crippen LogP contribution < -0.4 is 14.8 Å². The zero-order valence-electron chi connectivity index (χ0n) is 9.95. The minimum Gasteiger partial charge on any atom is -0.490 e. The van der Waals surface area contributed by atoms with Gasteiger partial charge in [0.15, 0.2) is 11.5 Å². The first-order valence-corrected chi connectivity index (χ1v) is 5.96. The lowest BCUT2D eigenvalue weighted by Gasteiger charge is -2.15. The Hall–Kier alpha value is -1.38. The van der Waals surface area contributed by atoms with Crippen LogP contribution in [0.25, 0.3) is 0 Å². The number of anilines is 1. The van der Waals surface area contributed by atoms with Crippen LogP contribution >= 0.6 is 0 Å². The van der Waals surface area contributed by atoms with Gasteiger partial charge in [0.25, 0.3) is 0 Å². The Bertz CT molecular complexity index is 352. The molecule has 0 aliphatic carbocycles. The summed E-state index contributed by atoms with van der Waals surface area (Å²) in [5, 5.41) is 3.43. The fourth-order valence-electron chi connectivity index (χ4n) is 1.64. The SMILES string of the molecule is CCC(C)Nc1ccc2c(c1)OCCCO2. The molecule has 3 nitrogen and oxygen atoms in total. The number of hydrogen-bond donors (Lipinski definition) is 1. The van der Waals surface area contributed by atoms with Crippen molar-refractivity contribution in [1.82, 2.24) is 0 Å². The van der Waals surface area contributed by atoms with Gasteiger partial charge in [-0.2, -0.15) is 0 Å². The van der Waals surface area contributed by atoms with E-state index >= 15 is 0 Å². The average Bonchev–Trinajstić information content (AvgIpc) is 2.53. The van der Waals surface area contributed by atoms with Gasteiger partial charge in [-0.15, -0.1) is 0 Å². The van der Waals surface area contributed by atoms with E-state index in [9.17, 15) is 0 Å². The van der Waals surface area contributed by atoms with Crippen molar-refractivity contribution in [2.24, 2.45) is 0 Å². The zero-order chi connectivity index (χ0) is 11.4. The molecular formula is C13H19NO2. The molecule has 0 fully saturated rings. The molecule has 0 radical (unpaired) electrons. The highest BCUT2D eigenvalue weighted by Crippen LogP contribution is 2.32. The molecular weight excluding hydrogens is 202 g/mol. The van der Waals surface area contributed by atoms with Gasteiger partial charge in [0.1, 0.15) is 0 Å². The van der Waals surface area contributed by atoms with Crippen LogP contribution in [0.2, 0.25) is 0 Å². The molecule has 1 aromatic carbocycles. The summed E-state index contributed by atoms with van der Waals surface area (Å²) in [4.78, 5) is 0. The topological polar surface area (TPSA) is 30.5 Å². The van der Waals surface area contributed by atoms with Crippen LogP contribution in [0.4, 0.5) is 5.69 Å². The van der Waals surface area contributed by atoms with Gasteiger partial charge in [-0.1, -0.05) is 6.92 Å². The minimum atomic E-state index is 0.477. The monoisotopic (exact) mass is 221 g/mol. The lowest BCUT2D eigenvalue weighted by Crippen LogP contribution is -2.13. The summed E-state index contributed by atoms with van der Waals surface area (Å²) in [5.74, 6) is 1.71. The van der Waals surface area contributed by atoms with E-state index < -0.39 is 0 Å². The van der Waals surface area contributed by atoms with Crippen LogP contribution in [0.1, 0.15) is 26.7 Å². The lowest BCUT2D eigenvalue weighted by molar-refractivity contribution is 0.297. The molecule has 1 aliphatic heterocycles. The minimum absolute atomic E-state index is 0.477. The van der Waals surface area contributed by atoms with Crippen LogP contribution in [-0.4, -0.2) is 19.3 Å². The van der Waals surface area contributed by atoms with Crippen molar-refractivity contribution in [1.29, 1.82) is 0 Å². The molecule has 1 unspecified atom stereocenters. The van der Waals surface area contributed by atoms with Gasteiger partial charge in [-0.25, -0.2) is 0 Å². The van der Waals surface area contributed by atoms with E-state index in [2.05, 4.69) is 19.2 Å². The Balaban J connectivity index is 2.14. The quantitative estimate of drug-likeness (QED) is 0.851. The van der Waals surface area contributed by atoms with E-state index in [0.717, 1.165) is 43.2 Å². The summed E-state index contributed by atoms with van der Waals surface area (Å²) >= 11 is 0. The molecule has 0 amide bonds. The summed E-state index contributed by atoms with van der Waals surface area (Å²) in [6.45, 7) is 5.81. The Kier molecular flexibility index (Phi) is 3.54. The predicted molar refractivity (Wildman–Crippen MR) is 65.4 cm³/mol. The normalized spacial score (nSPS) is 16.4. The van der Waals surface area contributed by atoms with Crippen LogP contribution in [-0.2, 0) is 0 Å². The summed E-state index contributed by atoms with van der Waals surface area (Å²) in [6.07, 6.45) is 2.05. The lowest BCUT2D eigenvalue weighted by atomic mass is 10.2. The summed E-state index contributed by atoms with van der Waals surface area (Å²) in [5.41, 5.74) is 1.10. The van der Waals surface area contributed by atoms with Crippen molar-refractivity contribution in [3.05, 3.63) is 18.2 Å². The molecule has 0 aromatic heterocycles. The molecule has 0 spiro atoms. The Morgan fingerprint density at radius 2 is 2.00 bits per heavy atom. The first kappa shape index (κ1) is 11.1. The molecule has 3 heteroatoms. The van der Waals surface area contributed by atoms with Gasteiger partial charge >= 0.3 is 0 Å². The Labute approximate surface area is 96.8 Å². The molecule has 88 valence electrons. The molecule has 1 aliphatic rings. The highest BCUT2D eigenvalue weighted by atomic mass is 16.5. The van der Waals surface area contributed by atoms with Crippen molar-refractivity contribution in [2.45, 2.75) is 32.7 Å². The van der Waals surface area contributed by atoms with E-state index in [1.807, 2.05) is 18.2 Å². The first-order chi connectivity index (χ1) is 7.79. The van der Waals surface area contributed by atoms with E-state index in [0.29, 0.717) is 6.04 Å². The largest absolute Gasteiger partial charge is 0.490 e. The summed E-state index contributed by atoms with van der Waals surface area (Å²) in [6, 6.07) is 6.52. The van der Waals surface area contributed by atoms with E-state index in [-0.39, 0.29) is 0 Å². The number of nitrogens with one attached hydrogen (secondary N) is 1. The fraction of sp³-hybridized carbons (Fsp3) is 0.538. The maximum absolute atomic E-state index is 5.64. The maximum Gasteiger partial charge on any atom is 0.163 e. The molecule has 0 saturated heterocycles. The van der Waals surface area contributed by atoms with Crippen LogP contribution in [0.5, 0.6) is 11.5 Å². The van der Waals surface area contributed by atoms with Crippen molar-refractivity contribution < 1.29 is 9.47 Å². The molecule has 1 aromatic rings. The third-order valence-electron chi connectivity index (χ3n) is 2.77. The predicted octanol–water partition coefficient (Wildman–Crippen LogP) is 3.06. The number of fused-ring (bicyclic) bond motifs is 1. The number of ether oxygens (including phenoxy) is 2. The second-order valence-corrected chi connectivity index (χ2v) is 4.17. The molecule has 1 heterocycles. The van der Waals surface area contributed by atoms with Crippen molar-refractivity contribution in [3.8, 4) is 11.5 Å². The number of rotatable bonds is 3. The van der Waals surface area contributed by atoms with Gasteiger partial charge in [0.2, 0.25) is 0 Å². The Morgan fingerprint density at radius 3 is 2.75 bits per heavy atom. The summed E-state index contributed by atoms with van der Waals surface area (Å²) < 4.78 is 11.2. The van der Waals surface area contributed by atoms with Crippen molar-refractivity contribution in [2.75, 3.05) is 18.5 Å². The summed E-state index contributed by atoms with van der Waals surface area (Å²) in [7, 11) is 0. The second kappa shape index (κ2) is 5.10. The standard InChI is InChI=1S/C13H19NO2/c1-3-10(2)14-11-5-6-12-13(9-11)16-8-4-7-15-12/h5-6,9-10,14H,3-4,7-8H2,1-2H3. The smallest absolute Gasteiger partial charge is 0.163 e. The first-order valence-electron chi connectivity index (χ1n) is 5.96. The molecule has 2 rings (SSSR count).